The van der Waals surface area contributed by atoms with E-state index in [0.717, 1.165) is 22.6 Å². The van der Waals surface area contributed by atoms with Gasteiger partial charge in [0, 0.05) is 28.3 Å². The van der Waals surface area contributed by atoms with Crippen LogP contribution in [-0.4, -0.2) is 15.8 Å². The van der Waals surface area contributed by atoms with Gasteiger partial charge in [0.15, 0.2) is 0 Å². The second-order valence-corrected chi connectivity index (χ2v) is 5.84. The van der Waals surface area contributed by atoms with Crippen LogP contribution in [0.3, 0.4) is 0 Å². The lowest BCUT2D eigenvalue weighted by Gasteiger charge is -2.40. The number of aryl methyl sites for hydroxylation is 1. The van der Waals surface area contributed by atoms with E-state index in [1.165, 1.54) is 5.56 Å². The number of hydrogen-bond acceptors (Lipinski definition) is 3. The Morgan fingerprint density at radius 2 is 2.05 bits per heavy atom. The van der Waals surface area contributed by atoms with Crippen molar-refractivity contribution >= 4 is 0 Å². The van der Waals surface area contributed by atoms with Gasteiger partial charge >= 0.3 is 0 Å². The van der Waals surface area contributed by atoms with Crippen LogP contribution in [0.1, 0.15) is 36.6 Å². The number of fused-ring (bicyclic) bond motifs is 5. The smallest absolute Gasteiger partial charge is 0.237 e. The van der Waals surface area contributed by atoms with E-state index in [1.54, 1.807) is 0 Å². The van der Waals surface area contributed by atoms with Gasteiger partial charge in [-0.1, -0.05) is 18.2 Å². The maximum atomic E-state index is 6.03. The topological polar surface area (TPSA) is 47.1 Å². The number of nitrogens with one attached hydrogen (secondary N) is 1. The monoisotopic (exact) mass is 268 g/mol. The van der Waals surface area contributed by atoms with E-state index in [4.69, 9.17) is 9.47 Å². The normalized spacial score (nSPS) is 21.8. The quantitative estimate of drug-likeness (QED) is 0.797. The second kappa shape index (κ2) is 3.66. The molecule has 1 unspecified atom stereocenters. The van der Waals surface area contributed by atoms with Crippen molar-refractivity contribution in [2.75, 3.05) is 0 Å². The summed E-state index contributed by atoms with van der Waals surface area (Å²) in [6.07, 6.45) is 1.84. The Labute approximate surface area is 117 Å². The fraction of sp³-hybridized carbons (Fsp3) is 0.312. The maximum absolute atomic E-state index is 6.03. The molecule has 0 amide bonds. The molecule has 1 aromatic heterocycles. The lowest BCUT2D eigenvalue weighted by molar-refractivity contribution is 0.117. The molecule has 1 atom stereocenters. The van der Waals surface area contributed by atoms with E-state index in [1.807, 2.05) is 31.4 Å². The molecule has 0 fully saturated rings. The van der Waals surface area contributed by atoms with Gasteiger partial charge in [-0.05, 0) is 26.8 Å². The maximum Gasteiger partial charge on any atom is 0.237 e. The largest absolute Gasteiger partial charge is 0.466 e. The van der Waals surface area contributed by atoms with Gasteiger partial charge in [-0.15, -0.1) is 5.10 Å². The van der Waals surface area contributed by atoms with Crippen LogP contribution in [0.2, 0.25) is 0 Å². The van der Waals surface area contributed by atoms with Crippen molar-refractivity contribution in [2.24, 2.45) is 0 Å². The van der Waals surface area contributed by atoms with Crippen molar-refractivity contribution in [1.82, 2.24) is 10.2 Å². The Morgan fingerprint density at radius 3 is 2.90 bits per heavy atom. The number of ether oxygens (including phenoxy) is 2. The fourth-order valence-corrected chi connectivity index (χ4v) is 3.12. The zero-order chi connectivity index (χ0) is 13.9. The standard InChI is InChI=1S/C16H16N2O2/c1-9-13-14-10-6-4-5-7-12(10)19-8-11(14)16(2,3)20-15(13)18-17-9/h4-8,14H,1-3H3,(H,17,18). The van der Waals surface area contributed by atoms with E-state index in [0.29, 0.717) is 5.88 Å². The van der Waals surface area contributed by atoms with Gasteiger partial charge in [0.25, 0.3) is 0 Å². The Kier molecular flexibility index (Phi) is 2.12. The minimum absolute atomic E-state index is 0.150. The molecule has 0 bridgehead atoms. The first-order valence-corrected chi connectivity index (χ1v) is 6.78. The van der Waals surface area contributed by atoms with Gasteiger partial charge in [-0.3, -0.25) is 5.10 Å². The first-order valence-electron chi connectivity index (χ1n) is 6.78. The fourth-order valence-electron chi connectivity index (χ4n) is 3.12. The highest BCUT2D eigenvalue weighted by Crippen LogP contribution is 2.51. The molecule has 102 valence electrons. The molecule has 2 aliphatic rings. The molecule has 0 aliphatic carbocycles. The van der Waals surface area contributed by atoms with E-state index < -0.39 is 5.60 Å². The summed E-state index contributed by atoms with van der Waals surface area (Å²) in [5, 5.41) is 7.34. The summed E-state index contributed by atoms with van der Waals surface area (Å²) < 4.78 is 11.8. The average molecular weight is 268 g/mol. The highest BCUT2D eigenvalue weighted by Gasteiger charge is 2.44. The minimum atomic E-state index is -0.424. The molecule has 4 heteroatoms. The number of aromatic nitrogens is 2. The SMILES string of the molecule is Cc1[nH]nc2c1C1C(=COc3ccccc31)C(C)(C)O2. The first kappa shape index (κ1) is 11.6. The summed E-state index contributed by atoms with van der Waals surface area (Å²) in [5.41, 5.74) is 4.04. The number of hydrogen-bond donors (Lipinski definition) is 1. The van der Waals surface area contributed by atoms with Crippen molar-refractivity contribution in [1.29, 1.82) is 0 Å². The van der Waals surface area contributed by atoms with Gasteiger partial charge in [-0.2, -0.15) is 0 Å². The van der Waals surface area contributed by atoms with Crippen molar-refractivity contribution in [3.05, 3.63) is 52.9 Å². The van der Waals surface area contributed by atoms with Crippen LogP contribution >= 0.6 is 0 Å². The summed E-state index contributed by atoms with van der Waals surface area (Å²) in [5.74, 6) is 1.76. The summed E-state index contributed by atoms with van der Waals surface area (Å²) in [7, 11) is 0. The Hall–Kier alpha value is -2.23. The van der Waals surface area contributed by atoms with Crippen LogP contribution in [0.15, 0.2) is 36.1 Å². The Balaban J connectivity index is 2.02. The molecular weight excluding hydrogens is 252 g/mol. The van der Waals surface area contributed by atoms with Crippen LogP contribution in [0, 0.1) is 6.92 Å². The van der Waals surface area contributed by atoms with E-state index >= 15 is 0 Å². The third-order valence-electron chi connectivity index (χ3n) is 4.15. The Morgan fingerprint density at radius 1 is 1.25 bits per heavy atom. The van der Waals surface area contributed by atoms with E-state index in [2.05, 4.69) is 30.1 Å². The van der Waals surface area contributed by atoms with Gasteiger partial charge in [0.1, 0.15) is 11.4 Å². The number of aromatic amines is 1. The molecule has 2 aliphatic heterocycles. The van der Waals surface area contributed by atoms with E-state index in [9.17, 15) is 0 Å². The molecule has 0 spiro atoms. The van der Waals surface area contributed by atoms with E-state index in [-0.39, 0.29) is 5.92 Å². The number of benzene rings is 1. The zero-order valence-electron chi connectivity index (χ0n) is 11.7. The summed E-state index contributed by atoms with van der Waals surface area (Å²) in [6.45, 7) is 6.13. The third kappa shape index (κ3) is 1.39. The summed E-state index contributed by atoms with van der Waals surface area (Å²) in [6, 6.07) is 8.15. The molecular formula is C16H16N2O2. The van der Waals surface area contributed by atoms with Crippen molar-refractivity contribution < 1.29 is 9.47 Å². The van der Waals surface area contributed by atoms with Crippen molar-refractivity contribution in [3.8, 4) is 11.6 Å². The molecule has 3 heterocycles. The molecule has 4 nitrogen and oxygen atoms in total. The van der Waals surface area contributed by atoms with Gasteiger partial charge in [-0.25, -0.2) is 0 Å². The van der Waals surface area contributed by atoms with Crippen molar-refractivity contribution in [3.63, 3.8) is 0 Å². The van der Waals surface area contributed by atoms with Crippen molar-refractivity contribution in [2.45, 2.75) is 32.3 Å². The highest BCUT2D eigenvalue weighted by atomic mass is 16.5. The molecule has 0 radical (unpaired) electrons. The number of H-pyrrole nitrogens is 1. The van der Waals surface area contributed by atoms with Crippen LogP contribution in [0.5, 0.6) is 11.6 Å². The predicted molar refractivity (Wildman–Crippen MR) is 75.0 cm³/mol. The van der Waals surface area contributed by atoms with Crippen LogP contribution in [-0.2, 0) is 0 Å². The molecule has 2 aromatic rings. The highest BCUT2D eigenvalue weighted by molar-refractivity contribution is 5.57. The van der Waals surface area contributed by atoms with Gasteiger partial charge in [0.05, 0.1) is 6.26 Å². The van der Waals surface area contributed by atoms with Crippen LogP contribution < -0.4 is 9.47 Å². The zero-order valence-corrected chi connectivity index (χ0v) is 11.7. The minimum Gasteiger partial charge on any atom is -0.466 e. The second-order valence-electron chi connectivity index (χ2n) is 5.84. The number of nitrogens with zero attached hydrogens (tertiary/aromatic N) is 1. The van der Waals surface area contributed by atoms with Gasteiger partial charge < -0.3 is 9.47 Å². The predicted octanol–water partition coefficient (Wildman–Crippen LogP) is 3.30. The summed E-state index contributed by atoms with van der Waals surface area (Å²) >= 11 is 0. The summed E-state index contributed by atoms with van der Waals surface area (Å²) in [4.78, 5) is 0. The average Bonchev–Trinajstić information content (AvgIpc) is 2.78. The molecule has 20 heavy (non-hydrogen) atoms. The van der Waals surface area contributed by atoms with Crippen LogP contribution in [0.25, 0.3) is 0 Å². The molecule has 1 N–H and O–H groups in total. The lowest BCUT2D eigenvalue weighted by atomic mass is 9.75. The molecule has 0 saturated carbocycles. The lowest BCUT2D eigenvalue weighted by Crippen LogP contribution is -2.39. The first-order chi connectivity index (χ1) is 9.58. The molecule has 0 saturated heterocycles. The molecule has 4 rings (SSSR count). The third-order valence-corrected chi connectivity index (χ3v) is 4.15. The molecule has 1 aromatic carbocycles. The number of para-hydroxylation sites is 1. The van der Waals surface area contributed by atoms with Crippen LogP contribution in [0.4, 0.5) is 0 Å². The Bertz CT molecular complexity index is 728. The van der Waals surface area contributed by atoms with Gasteiger partial charge in [0.2, 0.25) is 5.88 Å². The number of rotatable bonds is 0.